The molecular formula is C16H15Cl2N3O. The summed E-state index contributed by atoms with van der Waals surface area (Å²) in [6.45, 7) is 1.79. The summed E-state index contributed by atoms with van der Waals surface area (Å²) in [5, 5.41) is 7.45. The minimum absolute atomic E-state index is 0.436. The Morgan fingerprint density at radius 3 is 2.68 bits per heavy atom. The van der Waals surface area contributed by atoms with Gasteiger partial charge in [0.1, 0.15) is 6.61 Å². The zero-order chi connectivity index (χ0) is 15.4. The van der Waals surface area contributed by atoms with Crippen LogP contribution in [-0.4, -0.2) is 19.1 Å². The van der Waals surface area contributed by atoms with Crippen LogP contribution in [0.15, 0.2) is 47.5 Å². The van der Waals surface area contributed by atoms with Gasteiger partial charge in [-0.05, 0) is 23.8 Å². The Morgan fingerprint density at radius 1 is 1.09 bits per heavy atom. The van der Waals surface area contributed by atoms with E-state index in [0.717, 1.165) is 18.2 Å². The van der Waals surface area contributed by atoms with Gasteiger partial charge in [0, 0.05) is 6.54 Å². The van der Waals surface area contributed by atoms with E-state index in [1.165, 1.54) is 5.56 Å². The lowest BCUT2D eigenvalue weighted by Crippen LogP contribution is -2.40. The van der Waals surface area contributed by atoms with Gasteiger partial charge in [-0.1, -0.05) is 47.5 Å². The SMILES string of the molecule is Clc1cccc(Cl)c1OCCNC1=Nc2ccccc2CN1. The van der Waals surface area contributed by atoms with Gasteiger partial charge in [-0.2, -0.15) is 0 Å². The van der Waals surface area contributed by atoms with E-state index in [1.54, 1.807) is 18.2 Å². The van der Waals surface area contributed by atoms with E-state index in [1.807, 2.05) is 18.2 Å². The molecule has 2 N–H and O–H groups in total. The minimum atomic E-state index is 0.436. The molecule has 0 aromatic heterocycles. The first-order valence-electron chi connectivity index (χ1n) is 6.95. The third kappa shape index (κ3) is 3.46. The maximum absolute atomic E-state index is 6.05. The van der Waals surface area contributed by atoms with Crippen LogP contribution in [0.25, 0.3) is 0 Å². The molecule has 2 aromatic rings. The quantitative estimate of drug-likeness (QED) is 0.836. The molecule has 0 saturated carbocycles. The summed E-state index contributed by atoms with van der Waals surface area (Å²) in [5.41, 5.74) is 2.17. The molecule has 6 heteroatoms. The highest BCUT2D eigenvalue weighted by atomic mass is 35.5. The van der Waals surface area contributed by atoms with E-state index in [-0.39, 0.29) is 0 Å². The van der Waals surface area contributed by atoms with Crippen molar-refractivity contribution in [3.8, 4) is 5.75 Å². The van der Waals surface area contributed by atoms with Gasteiger partial charge in [0.05, 0.1) is 22.3 Å². The first-order valence-corrected chi connectivity index (χ1v) is 7.71. The van der Waals surface area contributed by atoms with E-state index in [0.29, 0.717) is 28.9 Å². The molecule has 0 saturated heterocycles. The Bertz CT molecular complexity index is 683. The lowest BCUT2D eigenvalue weighted by Gasteiger charge is -2.18. The smallest absolute Gasteiger partial charge is 0.196 e. The van der Waals surface area contributed by atoms with Crippen LogP contribution in [0.3, 0.4) is 0 Å². The zero-order valence-electron chi connectivity index (χ0n) is 11.8. The van der Waals surface area contributed by atoms with Gasteiger partial charge >= 0.3 is 0 Å². The molecule has 0 spiro atoms. The van der Waals surface area contributed by atoms with Crippen molar-refractivity contribution in [1.82, 2.24) is 10.6 Å². The second-order valence-corrected chi connectivity index (χ2v) is 5.58. The van der Waals surface area contributed by atoms with Gasteiger partial charge in [-0.15, -0.1) is 0 Å². The fourth-order valence-electron chi connectivity index (χ4n) is 2.15. The number of halogens is 2. The second kappa shape index (κ2) is 6.90. The number of hydrogen-bond acceptors (Lipinski definition) is 4. The first-order chi connectivity index (χ1) is 10.7. The molecule has 0 atom stereocenters. The zero-order valence-corrected chi connectivity index (χ0v) is 13.3. The Kier molecular flexibility index (Phi) is 4.71. The Labute approximate surface area is 139 Å². The van der Waals surface area contributed by atoms with Gasteiger partial charge in [-0.3, -0.25) is 0 Å². The number of guanidine groups is 1. The highest BCUT2D eigenvalue weighted by Gasteiger charge is 2.10. The van der Waals surface area contributed by atoms with E-state index < -0.39 is 0 Å². The number of rotatable bonds is 4. The Balaban J connectivity index is 1.53. The molecule has 4 nitrogen and oxygen atoms in total. The van der Waals surface area contributed by atoms with Crippen LogP contribution in [-0.2, 0) is 6.54 Å². The molecular weight excluding hydrogens is 321 g/mol. The summed E-state index contributed by atoms with van der Waals surface area (Å²) in [4.78, 5) is 4.51. The first kappa shape index (κ1) is 15.0. The highest BCUT2D eigenvalue weighted by molar-refractivity contribution is 6.37. The summed E-state index contributed by atoms with van der Waals surface area (Å²) in [5.74, 6) is 1.25. The molecule has 0 unspecified atom stereocenters. The molecule has 22 heavy (non-hydrogen) atoms. The normalized spacial score (nSPS) is 12.9. The van der Waals surface area contributed by atoms with Crippen LogP contribution in [0, 0.1) is 0 Å². The summed E-state index contributed by atoms with van der Waals surface area (Å²) >= 11 is 12.1. The van der Waals surface area contributed by atoms with Crippen LogP contribution < -0.4 is 15.4 Å². The fraction of sp³-hybridized carbons (Fsp3) is 0.188. The largest absolute Gasteiger partial charge is 0.489 e. The molecule has 0 bridgehead atoms. The maximum Gasteiger partial charge on any atom is 0.196 e. The van der Waals surface area contributed by atoms with Crippen molar-refractivity contribution in [2.75, 3.05) is 13.2 Å². The fourth-order valence-corrected chi connectivity index (χ4v) is 2.66. The molecule has 1 heterocycles. The van der Waals surface area contributed by atoms with Crippen molar-refractivity contribution < 1.29 is 4.74 Å². The molecule has 0 radical (unpaired) electrons. The van der Waals surface area contributed by atoms with Crippen molar-refractivity contribution in [2.45, 2.75) is 6.54 Å². The van der Waals surface area contributed by atoms with Gasteiger partial charge in [0.2, 0.25) is 0 Å². The van der Waals surface area contributed by atoms with E-state index in [4.69, 9.17) is 27.9 Å². The summed E-state index contributed by atoms with van der Waals surface area (Å²) in [6, 6.07) is 13.3. The number of ether oxygens (including phenoxy) is 1. The standard InChI is InChI=1S/C16H15Cl2N3O/c17-12-5-3-6-13(18)15(12)22-9-8-19-16-20-10-11-4-1-2-7-14(11)21-16/h1-7H,8-10H2,(H2,19,20,21). The Hall–Kier alpha value is -1.91. The van der Waals surface area contributed by atoms with Crippen LogP contribution >= 0.6 is 23.2 Å². The van der Waals surface area contributed by atoms with Crippen molar-refractivity contribution in [3.05, 3.63) is 58.1 Å². The van der Waals surface area contributed by atoms with Crippen molar-refractivity contribution in [1.29, 1.82) is 0 Å². The van der Waals surface area contributed by atoms with Crippen LogP contribution in [0.2, 0.25) is 10.0 Å². The van der Waals surface area contributed by atoms with Crippen LogP contribution in [0.1, 0.15) is 5.56 Å². The molecule has 0 aliphatic carbocycles. The summed E-state index contributed by atoms with van der Waals surface area (Å²) < 4.78 is 5.62. The number of benzene rings is 2. The molecule has 2 aromatic carbocycles. The van der Waals surface area contributed by atoms with Gasteiger partial charge < -0.3 is 15.4 Å². The predicted molar refractivity (Wildman–Crippen MR) is 90.3 cm³/mol. The Morgan fingerprint density at radius 2 is 1.86 bits per heavy atom. The van der Waals surface area contributed by atoms with Gasteiger partial charge in [0.25, 0.3) is 0 Å². The summed E-state index contributed by atoms with van der Waals surface area (Å²) in [6.07, 6.45) is 0. The highest BCUT2D eigenvalue weighted by Crippen LogP contribution is 2.32. The van der Waals surface area contributed by atoms with Crippen LogP contribution in [0.4, 0.5) is 5.69 Å². The second-order valence-electron chi connectivity index (χ2n) is 4.77. The third-order valence-electron chi connectivity index (χ3n) is 3.23. The average Bonchev–Trinajstić information content (AvgIpc) is 2.53. The average molecular weight is 336 g/mol. The lowest BCUT2D eigenvalue weighted by molar-refractivity contribution is 0.322. The molecule has 3 rings (SSSR count). The molecule has 114 valence electrons. The van der Waals surface area contributed by atoms with Crippen LogP contribution in [0.5, 0.6) is 5.75 Å². The monoisotopic (exact) mass is 335 g/mol. The topological polar surface area (TPSA) is 45.6 Å². The van der Waals surface area contributed by atoms with Gasteiger partial charge in [0.15, 0.2) is 11.7 Å². The summed E-state index contributed by atoms with van der Waals surface area (Å²) in [7, 11) is 0. The number of hydrogen-bond donors (Lipinski definition) is 2. The van der Waals surface area contributed by atoms with Crippen molar-refractivity contribution in [2.24, 2.45) is 4.99 Å². The predicted octanol–water partition coefficient (Wildman–Crippen LogP) is 3.75. The number of nitrogens with zero attached hydrogens (tertiary/aromatic N) is 1. The lowest BCUT2D eigenvalue weighted by atomic mass is 10.1. The number of fused-ring (bicyclic) bond motifs is 1. The van der Waals surface area contributed by atoms with Crippen molar-refractivity contribution in [3.63, 3.8) is 0 Å². The molecule has 1 aliphatic rings. The van der Waals surface area contributed by atoms with E-state index in [9.17, 15) is 0 Å². The number of nitrogens with one attached hydrogen (secondary N) is 2. The molecule has 0 amide bonds. The van der Waals surface area contributed by atoms with Gasteiger partial charge in [-0.25, -0.2) is 4.99 Å². The number of para-hydroxylation sites is 2. The van der Waals surface area contributed by atoms with Crippen molar-refractivity contribution >= 4 is 34.8 Å². The van der Waals surface area contributed by atoms with E-state index in [2.05, 4.69) is 21.7 Å². The molecule has 1 aliphatic heterocycles. The third-order valence-corrected chi connectivity index (χ3v) is 3.83. The maximum atomic E-state index is 6.05. The molecule has 0 fully saturated rings. The minimum Gasteiger partial charge on any atom is -0.489 e. The number of aliphatic imine (C=N–C) groups is 1. The van der Waals surface area contributed by atoms with E-state index >= 15 is 0 Å².